The van der Waals surface area contributed by atoms with E-state index in [1.807, 2.05) is 0 Å². The summed E-state index contributed by atoms with van der Waals surface area (Å²) in [5, 5.41) is 3.26. The highest BCUT2D eigenvalue weighted by atomic mass is 32.2. The van der Waals surface area contributed by atoms with Crippen molar-refractivity contribution in [2.45, 2.75) is 24.6 Å². The van der Waals surface area contributed by atoms with Gasteiger partial charge in [0.1, 0.15) is 0 Å². The molecule has 0 aromatic heterocycles. The lowest BCUT2D eigenvalue weighted by Gasteiger charge is -2.18. The first-order valence-electron chi connectivity index (χ1n) is 6.80. The molecule has 0 radical (unpaired) electrons. The number of likely N-dealkylation sites (tertiary alicyclic amines) is 1. The second-order valence-electron chi connectivity index (χ2n) is 5.60. The Balaban J connectivity index is 1.72. The second-order valence-corrected chi connectivity index (χ2v) is 7.93. The molecule has 0 bridgehead atoms. The Morgan fingerprint density at radius 2 is 2.26 bits per heavy atom. The Hall–Kier alpha value is -1.07. The molecule has 1 saturated heterocycles. The van der Waals surface area contributed by atoms with Crippen molar-refractivity contribution >= 4 is 15.5 Å². The molecule has 4 nitrogen and oxygen atoms in total. The zero-order chi connectivity index (χ0) is 13.5. The van der Waals surface area contributed by atoms with Crippen LogP contribution in [0.3, 0.4) is 0 Å². The standard InChI is InChI=1S/C14H20N2O2S/c1-19(17,18)13-6-8-16(10-13)9-12-4-2-3-11-5-7-15-14(11)12/h2-4,13,15H,5-10H2,1H3. The van der Waals surface area contributed by atoms with Crippen LogP contribution in [0.15, 0.2) is 18.2 Å². The van der Waals surface area contributed by atoms with E-state index in [-0.39, 0.29) is 5.25 Å². The molecule has 2 heterocycles. The third-order valence-corrected chi connectivity index (χ3v) is 5.76. The summed E-state index contributed by atoms with van der Waals surface area (Å²) < 4.78 is 23.2. The van der Waals surface area contributed by atoms with E-state index in [1.165, 1.54) is 23.1 Å². The lowest BCUT2D eigenvalue weighted by molar-refractivity contribution is 0.332. The van der Waals surface area contributed by atoms with Gasteiger partial charge in [0, 0.05) is 31.6 Å². The summed E-state index contributed by atoms with van der Waals surface area (Å²) in [4.78, 5) is 2.25. The number of benzene rings is 1. The van der Waals surface area contributed by atoms with Crippen molar-refractivity contribution in [3.05, 3.63) is 29.3 Å². The highest BCUT2D eigenvalue weighted by Gasteiger charge is 2.30. The largest absolute Gasteiger partial charge is 0.384 e. The Bertz CT molecular complexity index is 583. The van der Waals surface area contributed by atoms with Crippen LogP contribution in [0.1, 0.15) is 17.5 Å². The van der Waals surface area contributed by atoms with Crippen molar-refractivity contribution in [3.8, 4) is 0 Å². The molecule has 1 aromatic carbocycles. The van der Waals surface area contributed by atoms with Gasteiger partial charge < -0.3 is 5.32 Å². The predicted octanol–water partition coefficient (Wildman–Crippen LogP) is 1.27. The molecule has 0 aliphatic carbocycles. The van der Waals surface area contributed by atoms with Gasteiger partial charge in [-0.3, -0.25) is 4.90 Å². The van der Waals surface area contributed by atoms with Gasteiger partial charge in [-0.1, -0.05) is 18.2 Å². The number of para-hydroxylation sites is 1. The fourth-order valence-corrected chi connectivity index (χ4v) is 4.09. The van der Waals surface area contributed by atoms with Crippen molar-refractivity contribution in [2.75, 3.05) is 31.2 Å². The molecular formula is C14H20N2O2S. The van der Waals surface area contributed by atoms with Crippen molar-refractivity contribution < 1.29 is 8.42 Å². The normalized spacial score (nSPS) is 23.3. The van der Waals surface area contributed by atoms with Crippen molar-refractivity contribution in [3.63, 3.8) is 0 Å². The van der Waals surface area contributed by atoms with E-state index in [2.05, 4.69) is 28.4 Å². The first-order chi connectivity index (χ1) is 9.04. The molecule has 1 fully saturated rings. The van der Waals surface area contributed by atoms with Crippen LogP contribution in [-0.2, 0) is 22.8 Å². The first-order valence-corrected chi connectivity index (χ1v) is 8.75. The van der Waals surface area contributed by atoms with E-state index in [1.54, 1.807) is 0 Å². The van der Waals surface area contributed by atoms with Crippen LogP contribution in [0.25, 0.3) is 0 Å². The van der Waals surface area contributed by atoms with E-state index in [4.69, 9.17) is 0 Å². The van der Waals surface area contributed by atoms with Gasteiger partial charge in [-0.05, 0) is 30.5 Å². The third kappa shape index (κ3) is 2.62. The highest BCUT2D eigenvalue weighted by molar-refractivity contribution is 7.91. The van der Waals surface area contributed by atoms with E-state index < -0.39 is 9.84 Å². The molecule has 104 valence electrons. The summed E-state index contributed by atoms with van der Waals surface area (Å²) in [6.45, 7) is 3.41. The van der Waals surface area contributed by atoms with Gasteiger partial charge in [0.2, 0.25) is 0 Å². The highest BCUT2D eigenvalue weighted by Crippen LogP contribution is 2.28. The maximum Gasteiger partial charge on any atom is 0.151 e. The topological polar surface area (TPSA) is 49.4 Å². The third-order valence-electron chi connectivity index (χ3n) is 4.16. The van der Waals surface area contributed by atoms with E-state index in [9.17, 15) is 8.42 Å². The van der Waals surface area contributed by atoms with Crippen LogP contribution in [0, 0.1) is 0 Å². The van der Waals surface area contributed by atoms with Gasteiger partial charge in [0.15, 0.2) is 9.84 Å². The number of nitrogens with one attached hydrogen (secondary N) is 1. The molecule has 0 saturated carbocycles. The van der Waals surface area contributed by atoms with Crippen LogP contribution in [0.2, 0.25) is 0 Å². The lowest BCUT2D eigenvalue weighted by atomic mass is 10.1. The lowest BCUT2D eigenvalue weighted by Crippen LogP contribution is -2.26. The van der Waals surface area contributed by atoms with Gasteiger partial charge in [-0.2, -0.15) is 0 Å². The number of hydrogen-bond acceptors (Lipinski definition) is 4. The van der Waals surface area contributed by atoms with Crippen LogP contribution < -0.4 is 5.32 Å². The van der Waals surface area contributed by atoms with Gasteiger partial charge in [-0.25, -0.2) is 8.42 Å². The minimum Gasteiger partial charge on any atom is -0.384 e. The molecule has 1 atom stereocenters. The SMILES string of the molecule is CS(=O)(=O)C1CCN(Cc2cccc3c2NCC3)C1. The molecule has 1 aromatic rings. The Labute approximate surface area is 114 Å². The number of sulfone groups is 1. The fraction of sp³-hybridized carbons (Fsp3) is 0.571. The average Bonchev–Trinajstić information content (AvgIpc) is 2.96. The van der Waals surface area contributed by atoms with Crippen LogP contribution in [0.5, 0.6) is 0 Å². The molecule has 5 heteroatoms. The predicted molar refractivity (Wildman–Crippen MR) is 77.2 cm³/mol. The summed E-state index contributed by atoms with van der Waals surface area (Å²) >= 11 is 0. The zero-order valence-electron chi connectivity index (χ0n) is 11.2. The first kappa shape index (κ1) is 12.9. The van der Waals surface area contributed by atoms with Crippen molar-refractivity contribution in [1.82, 2.24) is 4.90 Å². The molecule has 0 amide bonds. The average molecular weight is 280 g/mol. The monoisotopic (exact) mass is 280 g/mol. The summed E-state index contributed by atoms with van der Waals surface area (Å²) in [5.41, 5.74) is 3.95. The maximum absolute atomic E-state index is 11.6. The van der Waals surface area contributed by atoms with E-state index >= 15 is 0 Å². The molecule has 2 aliphatic rings. The van der Waals surface area contributed by atoms with E-state index in [0.717, 1.165) is 32.5 Å². The zero-order valence-corrected chi connectivity index (χ0v) is 12.0. The molecule has 0 spiro atoms. The Kier molecular flexibility index (Phi) is 3.27. The summed E-state index contributed by atoms with van der Waals surface area (Å²) in [5.74, 6) is 0. The van der Waals surface area contributed by atoms with Crippen LogP contribution >= 0.6 is 0 Å². The number of hydrogen-bond donors (Lipinski definition) is 1. The quantitative estimate of drug-likeness (QED) is 0.906. The van der Waals surface area contributed by atoms with Gasteiger partial charge in [0.05, 0.1) is 5.25 Å². The van der Waals surface area contributed by atoms with Gasteiger partial charge in [0.25, 0.3) is 0 Å². The fourth-order valence-electron chi connectivity index (χ4n) is 3.07. The molecule has 1 N–H and O–H groups in total. The molecule has 1 unspecified atom stereocenters. The van der Waals surface area contributed by atoms with Crippen LogP contribution in [-0.4, -0.2) is 44.5 Å². The van der Waals surface area contributed by atoms with Crippen molar-refractivity contribution in [2.24, 2.45) is 0 Å². The smallest absolute Gasteiger partial charge is 0.151 e. The van der Waals surface area contributed by atoms with Crippen molar-refractivity contribution in [1.29, 1.82) is 0 Å². The Morgan fingerprint density at radius 1 is 1.42 bits per heavy atom. The summed E-state index contributed by atoms with van der Waals surface area (Å²) in [6.07, 6.45) is 3.21. The molecule has 19 heavy (non-hydrogen) atoms. The van der Waals surface area contributed by atoms with Gasteiger partial charge >= 0.3 is 0 Å². The number of fused-ring (bicyclic) bond motifs is 1. The minimum atomic E-state index is -2.90. The minimum absolute atomic E-state index is 0.183. The Morgan fingerprint density at radius 3 is 3.00 bits per heavy atom. The second kappa shape index (κ2) is 4.80. The van der Waals surface area contributed by atoms with Crippen LogP contribution in [0.4, 0.5) is 5.69 Å². The molecule has 3 rings (SSSR count). The number of rotatable bonds is 3. The summed E-state index contributed by atoms with van der Waals surface area (Å²) in [6, 6.07) is 6.42. The van der Waals surface area contributed by atoms with Gasteiger partial charge in [-0.15, -0.1) is 0 Å². The summed E-state index contributed by atoms with van der Waals surface area (Å²) in [7, 11) is -2.90. The molecule has 2 aliphatic heterocycles. The maximum atomic E-state index is 11.6. The van der Waals surface area contributed by atoms with E-state index in [0.29, 0.717) is 6.54 Å². The number of nitrogens with zero attached hydrogens (tertiary/aromatic N) is 1. The number of anilines is 1. The molecular weight excluding hydrogens is 260 g/mol.